The monoisotopic (exact) mass is 369 g/mol. The zero-order chi connectivity index (χ0) is 18.1. The number of aromatic amines is 1. The van der Waals surface area contributed by atoms with Gasteiger partial charge in [0.2, 0.25) is 5.65 Å². The second kappa shape index (κ2) is 6.61. The van der Waals surface area contributed by atoms with E-state index in [-0.39, 0.29) is 18.2 Å². The maximum absolute atomic E-state index is 13.5. The SMILES string of the molecule is Nc1cc(OCc2cc(-c3cccc(F)c3)ccc2Cl)c2n[nH]nc2n1. The third-order valence-electron chi connectivity index (χ3n) is 3.86. The number of anilines is 1. The van der Waals surface area contributed by atoms with Crippen molar-refractivity contribution in [3.05, 3.63) is 64.9 Å². The Kier molecular flexibility index (Phi) is 4.14. The number of halogens is 2. The molecule has 0 bridgehead atoms. The molecule has 0 atom stereocenters. The molecule has 0 unspecified atom stereocenters. The van der Waals surface area contributed by atoms with Gasteiger partial charge in [0.15, 0.2) is 11.3 Å². The fraction of sp³-hybridized carbons (Fsp3) is 0.0556. The standard InChI is InChI=1S/C18H13ClFN5O/c19-14-5-4-11(10-2-1-3-13(20)7-10)6-12(14)9-26-15-8-16(21)22-18-17(15)23-25-24-18/h1-8H,9H2,(H3,21,22,23,24,25). The van der Waals surface area contributed by atoms with Crippen molar-refractivity contribution < 1.29 is 9.13 Å². The Hall–Kier alpha value is -3.19. The molecule has 0 saturated carbocycles. The van der Waals surface area contributed by atoms with Crippen molar-refractivity contribution in [1.29, 1.82) is 0 Å². The molecule has 0 fully saturated rings. The van der Waals surface area contributed by atoms with Gasteiger partial charge in [-0.1, -0.05) is 29.8 Å². The van der Waals surface area contributed by atoms with Crippen LogP contribution in [0.3, 0.4) is 0 Å². The topological polar surface area (TPSA) is 89.7 Å². The molecule has 0 aliphatic heterocycles. The van der Waals surface area contributed by atoms with Gasteiger partial charge in [0.25, 0.3) is 0 Å². The third-order valence-corrected chi connectivity index (χ3v) is 4.23. The summed E-state index contributed by atoms with van der Waals surface area (Å²) in [4.78, 5) is 4.06. The molecule has 0 radical (unpaired) electrons. The van der Waals surface area contributed by atoms with Gasteiger partial charge in [-0.05, 0) is 35.4 Å². The summed E-state index contributed by atoms with van der Waals surface area (Å²) in [5.41, 5.74) is 8.97. The first-order valence-electron chi connectivity index (χ1n) is 7.74. The van der Waals surface area contributed by atoms with Gasteiger partial charge in [-0.15, -0.1) is 5.10 Å². The maximum atomic E-state index is 13.5. The van der Waals surface area contributed by atoms with E-state index in [0.717, 1.165) is 16.7 Å². The fourth-order valence-corrected chi connectivity index (χ4v) is 2.80. The molecule has 0 amide bonds. The minimum atomic E-state index is -0.295. The Morgan fingerprint density at radius 3 is 2.77 bits per heavy atom. The number of ether oxygens (including phenoxy) is 1. The van der Waals surface area contributed by atoms with Gasteiger partial charge in [0.1, 0.15) is 18.2 Å². The highest BCUT2D eigenvalue weighted by molar-refractivity contribution is 6.31. The summed E-state index contributed by atoms with van der Waals surface area (Å²) < 4.78 is 19.3. The largest absolute Gasteiger partial charge is 0.486 e. The van der Waals surface area contributed by atoms with Crippen LogP contribution in [0.1, 0.15) is 5.56 Å². The van der Waals surface area contributed by atoms with Crippen molar-refractivity contribution in [2.75, 3.05) is 5.73 Å². The van der Waals surface area contributed by atoms with E-state index < -0.39 is 0 Å². The molecule has 3 N–H and O–H groups in total. The highest BCUT2D eigenvalue weighted by Gasteiger charge is 2.11. The van der Waals surface area contributed by atoms with Gasteiger partial charge in [-0.25, -0.2) is 9.37 Å². The lowest BCUT2D eigenvalue weighted by Gasteiger charge is -2.11. The van der Waals surface area contributed by atoms with Gasteiger partial charge < -0.3 is 10.5 Å². The number of nitrogens with zero attached hydrogens (tertiary/aromatic N) is 3. The van der Waals surface area contributed by atoms with Crippen LogP contribution in [-0.2, 0) is 6.61 Å². The van der Waals surface area contributed by atoms with E-state index in [9.17, 15) is 4.39 Å². The van der Waals surface area contributed by atoms with Gasteiger partial charge >= 0.3 is 0 Å². The Morgan fingerprint density at radius 1 is 1.08 bits per heavy atom. The normalized spacial score (nSPS) is 11.0. The second-order valence-corrected chi connectivity index (χ2v) is 6.05. The van der Waals surface area contributed by atoms with Gasteiger partial charge in [0.05, 0.1) is 0 Å². The molecule has 2 aromatic carbocycles. The summed E-state index contributed by atoms with van der Waals surface area (Å²) in [6.07, 6.45) is 0. The van der Waals surface area contributed by atoms with Crippen LogP contribution in [0.25, 0.3) is 22.3 Å². The molecule has 2 heterocycles. The van der Waals surface area contributed by atoms with Crippen LogP contribution < -0.4 is 10.5 Å². The van der Waals surface area contributed by atoms with Gasteiger partial charge in [-0.2, -0.15) is 10.3 Å². The number of hydrogen-bond donors (Lipinski definition) is 2. The number of fused-ring (bicyclic) bond motifs is 1. The van der Waals surface area contributed by atoms with Crippen molar-refractivity contribution >= 4 is 28.6 Å². The van der Waals surface area contributed by atoms with E-state index in [2.05, 4.69) is 20.4 Å². The maximum Gasteiger partial charge on any atom is 0.207 e. The molecule has 0 spiro atoms. The minimum absolute atomic E-state index is 0.188. The quantitative estimate of drug-likeness (QED) is 0.568. The Bertz CT molecular complexity index is 1100. The molecule has 6 nitrogen and oxygen atoms in total. The lowest BCUT2D eigenvalue weighted by Crippen LogP contribution is -2.00. The Balaban J connectivity index is 1.64. The van der Waals surface area contributed by atoms with E-state index in [4.69, 9.17) is 22.1 Å². The van der Waals surface area contributed by atoms with E-state index in [1.54, 1.807) is 18.2 Å². The number of pyridine rings is 1. The average molecular weight is 370 g/mol. The van der Waals surface area contributed by atoms with E-state index in [1.807, 2.05) is 18.2 Å². The highest BCUT2D eigenvalue weighted by Crippen LogP contribution is 2.28. The molecule has 4 rings (SSSR count). The van der Waals surface area contributed by atoms with Crippen LogP contribution in [0.5, 0.6) is 5.75 Å². The first-order chi connectivity index (χ1) is 12.6. The number of aromatic nitrogens is 4. The Labute approximate surface area is 152 Å². The number of H-pyrrole nitrogens is 1. The van der Waals surface area contributed by atoms with Crippen LogP contribution >= 0.6 is 11.6 Å². The molecular formula is C18H13ClFN5O. The van der Waals surface area contributed by atoms with Gasteiger partial charge in [-0.3, -0.25) is 0 Å². The van der Waals surface area contributed by atoms with E-state index >= 15 is 0 Å². The predicted molar refractivity (Wildman–Crippen MR) is 97.3 cm³/mol. The minimum Gasteiger partial charge on any atom is -0.486 e. The van der Waals surface area contributed by atoms with Crippen LogP contribution in [0.15, 0.2) is 48.5 Å². The van der Waals surface area contributed by atoms with Crippen molar-refractivity contribution in [2.45, 2.75) is 6.61 Å². The average Bonchev–Trinajstić information content (AvgIpc) is 3.09. The number of nitrogens with one attached hydrogen (secondary N) is 1. The molecule has 0 aliphatic rings. The number of benzene rings is 2. The summed E-state index contributed by atoms with van der Waals surface area (Å²) in [5.74, 6) is 0.436. The van der Waals surface area contributed by atoms with Crippen molar-refractivity contribution in [3.63, 3.8) is 0 Å². The molecule has 2 aromatic heterocycles. The lowest BCUT2D eigenvalue weighted by atomic mass is 10.0. The molecule has 8 heteroatoms. The molecule has 0 aliphatic carbocycles. The van der Waals surface area contributed by atoms with Crippen molar-refractivity contribution in [2.24, 2.45) is 0 Å². The van der Waals surface area contributed by atoms with E-state index in [0.29, 0.717) is 21.9 Å². The molecule has 26 heavy (non-hydrogen) atoms. The zero-order valence-corrected chi connectivity index (χ0v) is 14.2. The zero-order valence-electron chi connectivity index (χ0n) is 13.4. The number of rotatable bonds is 4. The number of nitrogens with two attached hydrogens (primary N) is 1. The molecule has 0 saturated heterocycles. The van der Waals surface area contributed by atoms with Gasteiger partial charge in [0, 0.05) is 16.7 Å². The molecule has 130 valence electrons. The first kappa shape index (κ1) is 16.3. The first-order valence-corrected chi connectivity index (χ1v) is 8.12. The fourth-order valence-electron chi connectivity index (χ4n) is 2.62. The summed E-state index contributed by atoms with van der Waals surface area (Å²) in [7, 11) is 0. The number of hydrogen-bond acceptors (Lipinski definition) is 5. The highest BCUT2D eigenvalue weighted by atomic mass is 35.5. The predicted octanol–water partition coefficient (Wildman–Crippen LogP) is 3.97. The second-order valence-electron chi connectivity index (χ2n) is 5.65. The molecule has 4 aromatic rings. The van der Waals surface area contributed by atoms with Crippen molar-refractivity contribution in [3.8, 4) is 16.9 Å². The molecular weight excluding hydrogens is 357 g/mol. The lowest BCUT2D eigenvalue weighted by molar-refractivity contribution is 0.309. The van der Waals surface area contributed by atoms with Crippen LogP contribution in [0.4, 0.5) is 10.2 Å². The summed E-state index contributed by atoms with van der Waals surface area (Å²) >= 11 is 6.28. The summed E-state index contributed by atoms with van der Waals surface area (Å²) in [6.45, 7) is 0.188. The summed E-state index contributed by atoms with van der Waals surface area (Å²) in [5, 5.41) is 11.0. The van der Waals surface area contributed by atoms with Crippen LogP contribution in [0, 0.1) is 5.82 Å². The Morgan fingerprint density at radius 2 is 1.92 bits per heavy atom. The van der Waals surface area contributed by atoms with E-state index in [1.165, 1.54) is 12.1 Å². The van der Waals surface area contributed by atoms with Crippen molar-refractivity contribution in [1.82, 2.24) is 20.4 Å². The van der Waals surface area contributed by atoms with Crippen LogP contribution in [0.2, 0.25) is 5.02 Å². The smallest absolute Gasteiger partial charge is 0.207 e. The number of nitrogen functional groups attached to an aromatic ring is 1. The third kappa shape index (κ3) is 3.16. The summed E-state index contributed by atoms with van der Waals surface area (Å²) in [6, 6.07) is 13.4. The van der Waals surface area contributed by atoms with Crippen LogP contribution in [-0.4, -0.2) is 20.4 Å².